The van der Waals surface area contributed by atoms with Crippen molar-refractivity contribution in [3.63, 3.8) is 0 Å². The number of rotatable bonds is 6. The predicted octanol–water partition coefficient (Wildman–Crippen LogP) is 2.87. The maximum Gasteiger partial charge on any atom is 0.0900 e. The Morgan fingerprint density at radius 1 is 1.37 bits per heavy atom. The summed E-state index contributed by atoms with van der Waals surface area (Å²) in [6.45, 7) is 10.3. The molecule has 0 radical (unpaired) electrons. The molecule has 1 unspecified atom stereocenters. The van der Waals surface area contributed by atoms with Gasteiger partial charge in [-0.25, -0.2) is 4.98 Å². The first-order valence-electron chi connectivity index (χ1n) is 6.82. The van der Waals surface area contributed by atoms with Gasteiger partial charge in [0.2, 0.25) is 0 Å². The summed E-state index contributed by atoms with van der Waals surface area (Å²) >= 11 is 1.79. The van der Waals surface area contributed by atoms with E-state index in [1.54, 1.807) is 11.3 Å². The topological polar surface area (TPSA) is 42.7 Å². The lowest BCUT2D eigenvalue weighted by molar-refractivity contribution is 0.554. The first-order chi connectivity index (χ1) is 9.13. The molecular formula is C14H22N4S. The third kappa shape index (κ3) is 3.42. The standard InChI is InChI=1S/C14H22N4S/c1-5-15-13(14-10(3)17-11(4)19-14)7-12-8-16-18(6-2)9-12/h8-9,13,15H,5-7H2,1-4H3. The van der Waals surface area contributed by atoms with Crippen LogP contribution in [0.1, 0.15) is 41.0 Å². The molecule has 2 rings (SSSR count). The smallest absolute Gasteiger partial charge is 0.0900 e. The van der Waals surface area contributed by atoms with Crippen LogP contribution in [0.2, 0.25) is 0 Å². The average molecular weight is 278 g/mol. The number of hydrogen-bond acceptors (Lipinski definition) is 4. The molecule has 0 fully saturated rings. The summed E-state index contributed by atoms with van der Waals surface area (Å²) < 4.78 is 1.98. The van der Waals surface area contributed by atoms with Crippen LogP contribution in [-0.4, -0.2) is 21.3 Å². The van der Waals surface area contributed by atoms with Crippen molar-refractivity contribution in [2.24, 2.45) is 0 Å². The summed E-state index contributed by atoms with van der Waals surface area (Å²) in [5.74, 6) is 0. The molecule has 104 valence electrons. The van der Waals surface area contributed by atoms with Crippen molar-refractivity contribution in [2.45, 2.75) is 46.7 Å². The number of hydrogen-bond donors (Lipinski definition) is 1. The number of nitrogens with one attached hydrogen (secondary N) is 1. The van der Waals surface area contributed by atoms with Crippen LogP contribution in [-0.2, 0) is 13.0 Å². The summed E-state index contributed by atoms with van der Waals surface area (Å²) in [4.78, 5) is 5.89. The quantitative estimate of drug-likeness (QED) is 0.883. The molecule has 0 aliphatic carbocycles. The molecule has 0 saturated carbocycles. The van der Waals surface area contributed by atoms with Gasteiger partial charge in [-0.05, 0) is 39.3 Å². The lowest BCUT2D eigenvalue weighted by atomic mass is 10.1. The third-order valence-corrected chi connectivity index (χ3v) is 4.34. The molecule has 2 heterocycles. The summed E-state index contributed by atoms with van der Waals surface area (Å²) in [7, 11) is 0. The fourth-order valence-electron chi connectivity index (χ4n) is 2.29. The molecule has 0 spiro atoms. The molecule has 0 saturated heterocycles. The van der Waals surface area contributed by atoms with Crippen LogP contribution in [0.4, 0.5) is 0 Å². The molecule has 0 bridgehead atoms. The summed E-state index contributed by atoms with van der Waals surface area (Å²) in [5.41, 5.74) is 2.43. The Hall–Kier alpha value is -1.20. The Labute approximate surface area is 118 Å². The van der Waals surface area contributed by atoms with Gasteiger partial charge >= 0.3 is 0 Å². The molecule has 2 aromatic heterocycles. The van der Waals surface area contributed by atoms with E-state index in [2.05, 4.69) is 49.3 Å². The zero-order valence-corrected chi connectivity index (χ0v) is 12.9. The zero-order chi connectivity index (χ0) is 13.8. The number of nitrogens with zero attached hydrogens (tertiary/aromatic N) is 3. The zero-order valence-electron chi connectivity index (χ0n) is 12.1. The SMILES string of the molecule is CCNC(Cc1cnn(CC)c1)c1sc(C)nc1C. The first kappa shape index (κ1) is 14.2. The Morgan fingerprint density at radius 3 is 2.68 bits per heavy atom. The number of aromatic nitrogens is 3. The number of likely N-dealkylation sites (N-methyl/N-ethyl adjacent to an activating group) is 1. The van der Waals surface area contributed by atoms with E-state index >= 15 is 0 Å². The van der Waals surface area contributed by atoms with Crippen molar-refractivity contribution < 1.29 is 0 Å². The molecule has 0 aliphatic rings. The van der Waals surface area contributed by atoms with Crippen LogP contribution < -0.4 is 5.32 Å². The maximum atomic E-state index is 4.53. The van der Waals surface area contributed by atoms with Gasteiger partial charge in [0.05, 0.1) is 16.9 Å². The van der Waals surface area contributed by atoms with Gasteiger partial charge in [0.1, 0.15) is 0 Å². The highest BCUT2D eigenvalue weighted by atomic mass is 32.1. The minimum atomic E-state index is 0.339. The van der Waals surface area contributed by atoms with Gasteiger partial charge in [-0.2, -0.15) is 5.10 Å². The summed E-state index contributed by atoms with van der Waals surface area (Å²) in [6.07, 6.45) is 5.07. The van der Waals surface area contributed by atoms with Gasteiger partial charge < -0.3 is 5.32 Å². The van der Waals surface area contributed by atoms with Crippen molar-refractivity contribution in [1.82, 2.24) is 20.1 Å². The van der Waals surface area contributed by atoms with Gasteiger partial charge in [-0.1, -0.05) is 6.92 Å². The molecular weight excluding hydrogens is 256 g/mol. The van der Waals surface area contributed by atoms with Crippen molar-refractivity contribution in [3.8, 4) is 0 Å². The molecule has 5 heteroatoms. The van der Waals surface area contributed by atoms with Crippen molar-refractivity contribution >= 4 is 11.3 Å². The van der Waals surface area contributed by atoms with Gasteiger partial charge in [0.15, 0.2) is 0 Å². The Bertz CT molecular complexity index is 529. The van der Waals surface area contributed by atoms with Gasteiger partial charge in [-0.3, -0.25) is 4.68 Å². The molecule has 0 aromatic carbocycles. The van der Waals surface area contributed by atoms with Crippen molar-refractivity contribution in [1.29, 1.82) is 0 Å². The largest absolute Gasteiger partial charge is 0.309 e. The second kappa shape index (κ2) is 6.30. The van der Waals surface area contributed by atoms with Crippen LogP contribution in [0.15, 0.2) is 12.4 Å². The molecule has 0 amide bonds. The molecule has 1 atom stereocenters. The predicted molar refractivity (Wildman–Crippen MR) is 79.6 cm³/mol. The highest BCUT2D eigenvalue weighted by Gasteiger charge is 2.17. The van der Waals surface area contributed by atoms with Crippen LogP contribution in [0.25, 0.3) is 0 Å². The molecule has 0 aliphatic heterocycles. The maximum absolute atomic E-state index is 4.53. The van der Waals surface area contributed by atoms with E-state index in [9.17, 15) is 0 Å². The van der Waals surface area contributed by atoms with Crippen LogP contribution in [0, 0.1) is 13.8 Å². The summed E-state index contributed by atoms with van der Waals surface area (Å²) in [5, 5.41) is 9.05. The Morgan fingerprint density at radius 2 is 2.16 bits per heavy atom. The molecule has 1 N–H and O–H groups in total. The molecule has 4 nitrogen and oxygen atoms in total. The van der Waals surface area contributed by atoms with E-state index in [4.69, 9.17) is 0 Å². The second-order valence-corrected chi connectivity index (χ2v) is 5.94. The van der Waals surface area contributed by atoms with E-state index in [0.29, 0.717) is 6.04 Å². The highest BCUT2D eigenvalue weighted by Crippen LogP contribution is 2.27. The molecule has 19 heavy (non-hydrogen) atoms. The van der Waals surface area contributed by atoms with E-state index < -0.39 is 0 Å². The fourth-order valence-corrected chi connectivity index (χ4v) is 3.30. The molecule has 2 aromatic rings. The number of thiazole rings is 1. The van der Waals surface area contributed by atoms with Crippen molar-refractivity contribution in [3.05, 3.63) is 33.5 Å². The van der Waals surface area contributed by atoms with Crippen LogP contribution in [0.5, 0.6) is 0 Å². The lowest BCUT2D eigenvalue weighted by Crippen LogP contribution is -2.22. The Balaban J connectivity index is 2.18. The van der Waals surface area contributed by atoms with Gasteiger partial charge in [-0.15, -0.1) is 11.3 Å². The monoisotopic (exact) mass is 278 g/mol. The van der Waals surface area contributed by atoms with Gasteiger partial charge in [0, 0.05) is 23.7 Å². The van der Waals surface area contributed by atoms with E-state index in [1.807, 2.05) is 10.9 Å². The first-order valence-corrected chi connectivity index (χ1v) is 7.64. The lowest BCUT2D eigenvalue weighted by Gasteiger charge is -2.16. The van der Waals surface area contributed by atoms with Gasteiger partial charge in [0.25, 0.3) is 0 Å². The van der Waals surface area contributed by atoms with Crippen LogP contribution >= 0.6 is 11.3 Å². The highest BCUT2D eigenvalue weighted by molar-refractivity contribution is 7.11. The third-order valence-electron chi connectivity index (χ3n) is 3.16. The van der Waals surface area contributed by atoms with E-state index in [1.165, 1.54) is 10.4 Å². The fraction of sp³-hybridized carbons (Fsp3) is 0.571. The minimum absolute atomic E-state index is 0.339. The normalized spacial score (nSPS) is 12.8. The second-order valence-electron chi connectivity index (χ2n) is 4.70. The average Bonchev–Trinajstić information content (AvgIpc) is 2.95. The number of aryl methyl sites for hydroxylation is 3. The van der Waals surface area contributed by atoms with Crippen LogP contribution in [0.3, 0.4) is 0 Å². The summed E-state index contributed by atoms with van der Waals surface area (Å²) in [6, 6.07) is 0.339. The van der Waals surface area contributed by atoms with E-state index in [-0.39, 0.29) is 0 Å². The Kier molecular flexibility index (Phi) is 4.71. The minimum Gasteiger partial charge on any atom is -0.309 e. The van der Waals surface area contributed by atoms with Crippen molar-refractivity contribution in [2.75, 3.05) is 6.54 Å². The van der Waals surface area contributed by atoms with E-state index in [0.717, 1.165) is 30.2 Å².